The zero-order chi connectivity index (χ0) is 16.2. The molecule has 0 saturated carbocycles. The molecule has 1 aliphatic rings. The maximum Gasteiger partial charge on any atom is 0.305 e. The molecule has 0 N–H and O–H groups in total. The highest BCUT2D eigenvalue weighted by atomic mass is 16.8. The fourth-order valence-electron chi connectivity index (χ4n) is 2.69. The van der Waals surface area contributed by atoms with Crippen LogP contribution in [0.25, 0.3) is 0 Å². The molecule has 0 bridgehead atoms. The molecule has 1 saturated heterocycles. The van der Waals surface area contributed by atoms with Gasteiger partial charge in [0.2, 0.25) is 6.29 Å². The smallest absolute Gasteiger partial charge is 0.305 e. The lowest BCUT2D eigenvalue weighted by Gasteiger charge is -2.24. The van der Waals surface area contributed by atoms with E-state index in [-0.39, 0.29) is 12.0 Å². The minimum absolute atomic E-state index is 0.0346. The molecule has 0 radical (unpaired) electrons. The van der Waals surface area contributed by atoms with Crippen LogP contribution in [0.15, 0.2) is 54.6 Å². The predicted molar refractivity (Wildman–Crippen MR) is 85.9 cm³/mol. The molecular weight excluding hydrogens is 294 g/mol. The van der Waals surface area contributed by atoms with Gasteiger partial charge in [-0.25, -0.2) is 9.90 Å². The average Bonchev–Trinajstić information content (AvgIpc) is 2.99. The number of esters is 1. The van der Waals surface area contributed by atoms with Gasteiger partial charge < -0.3 is 9.47 Å². The summed E-state index contributed by atoms with van der Waals surface area (Å²) in [5.41, 5.74) is 1.99. The summed E-state index contributed by atoms with van der Waals surface area (Å²) in [7, 11) is 1.64. The maximum absolute atomic E-state index is 11.2. The summed E-state index contributed by atoms with van der Waals surface area (Å²) >= 11 is 0. The standard InChI is InChI=1S/C18H19NO4/c1-13(20)22-18-12-17(14-8-10-16(21-2)11-9-14)19(23-18)15-6-4-3-5-7-15/h3-11,17-18H,12H2,1-2H3/t17-,18-/m1/s1. The number of hydrogen-bond donors (Lipinski definition) is 0. The van der Waals surface area contributed by atoms with E-state index >= 15 is 0 Å². The highest BCUT2D eigenvalue weighted by molar-refractivity contribution is 5.66. The fraction of sp³-hybridized carbons (Fsp3) is 0.278. The maximum atomic E-state index is 11.2. The van der Waals surface area contributed by atoms with Gasteiger partial charge in [-0.1, -0.05) is 30.3 Å². The lowest BCUT2D eigenvalue weighted by atomic mass is 10.0. The first-order valence-corrected chi connectivity index (χ1v) is 7.49. The largest absolute Gasteiger partial charge is 0.497 e. The summed E-state index contributed by atoms with van der Waals surface area (Å²) in [6.45, 7) is 1.39. The molecule has 1 fully saturated rings. The van der Waals surface area contributed by atoms with E-state index in [0.29, 0.717) is 6.42 Å². The molecular formula is C18H19NO4. The third-order valence-electron chi connectivity index (χ3n) is 3.74. The van der Waals surface area contributed by atoms with Crippen molar-refractivity contribution in [3.8, 4) is 5.75 Å². The molecule has 120 valence electrons. The molecule has 5 nitrogen and oxygen atoms in total. The van der Waals surface area contributed by atoms with Crippen LogP contribution in [0.1, 0.15) is 24.9 Å². The van der Waals surface area contributed by atoms with Gasteiger partial charge in [0, 0.05) is 13.3 Å². The summed E-state index contributed by atoms with van der Waals surface area (Å²) in [4.78, 5) is 17.1. The van der Waals surface area contributed by atoms with Crippen molar-refractivity contribution in [2.75, 3.05) is 12.2 Å². The van der Waals surface area contributed by atoms with Crippen molar-refractivity contribution in [3.05, 3.63) is 60.2 Å². The Bertz CT molecular complexity index is 656. The van der Waals surface area contributed by atoms with Crippen LogP contribution in [0, 0.1) is 0 Å². The van der Waals surface area contributed by atoms with Crippen LogP contribution in [-0.2, 0) is 14.4 Å². The second-order valence-corrected chi connectivity index (χ2v) is 5.33. The van der Waals surface area contributed by atoms with Crippen molar-refractivity contribution in [3.63, 3.8) is 0 Å². The predicted octanol–water partition coefficient (Wildman–Crippen LogP) is 3.47. The van der Waals surface area contributed by atoms with Gasteiger partial charge in [0.15, 0.2) is 0 Å². The molecule has 2 atom stereocenters. The first-order valence-electron chi connectivity index (χ1n) is 7.49. The van der Waals surface area contributed by atoms with Crippen LogP contribution >= 0.6 is 0 Å². The number of ether oxygens (including phenoxy) is 2. The Kier molecular flexibility index (Phi) is 4.48. The molecule has 0 spiro atoms. The first-order chi connectivity index (χ1) is 11.2. The van der Waals surface area contributed by atoms with Crippen molar-refractivity contribution < 1.29 is 19.1 Å². The van der Waals surface area contributed by atoms with Gasteiger partial charge in [0.1, 0.15) is 5.75 Å². The van der Waals surface area contributed by atoms with E-state index in [2.05, 4.69) is 0 Å². The number of carbonyl (C=O) groups is 1. The Morgan fingerprint density at radius 1 is 1.13 bits per heavy atom. The topological polar surface area (TPSA) is 48.0 Å². The number of nitrogens with zero attached hydrogens (tertiary/aromatic N) is 1. The molecule has 0 aromatic heterocycles. The molecule has 5 heteroatoms. The number of rotatable bonds is 4. The number of methoxy groups -OCH3 is 1. The van der Waals surface area contributed by atoms with Crippen molar-refractivity contribution >= 4 is 11.7 Å². The van der Waals surface area contributed by atoms with Crippen LogP contribution in [0.3, 0.4) is 0 Å². The van der Waals surface area contributed by atoms with E-state index in [1.807, 2.05) is 54.6 Å². The Balaban J connectivity index is 1.88. The van der Waals surface area contributed by atoms with E-state index in [4.69, 9.17) is 14.3 Å². The zero-order valence-corrected chi connectivity index (χ0v) is 13.1. The van der Waals surface area contributed by atoms with Crippen LogP contribution in [-0.4, -0.2) is 19.4 Å². The molecule has 0 amide bonds. The third-order valence-corrected chi connectivity index (χ3v) is 3.74. The molecule has 2 aromatic rings. The van der Waals surface area contributed by atoms with Gasteiger partial charge in [-0.15, -0.1) is 0 Å². The van der Waals surface area contributed by atoms with Gasteiger partial charge >= 0.3 is 5.97 Å². The van der Waals surface area contributed by atoms with E-state index in [1.165, 1.54) is 6.92 Å². The molecule has 1 heterocycles. The van der Waals surface area contributed by atoms with E-state index in [0.717, 1.165) is 17.0 Å². The quantitative estimate of drug-likeness (QED) is 0.809. The average molecular weight is 313 g/mol. The number of benzene rings is 2. The second kappa shape index (κ2) is 6.71. The summed E-state index contributed by atoms with van der Waals surface area (Å²) in [6, 6.07) is 17.6. The Labute approximate surface area is 135 Å². The van der Waals surface area contributed by atoms with E-state index in [9.17, 15) is 4.79 Å². The fourth-order valence-corrected chi connectivity index (χ4v) is 2.69. The van der Waals surface area contributed by atoms with Crippen LogP contribution < -0.4 is 9.80 Å². The molecule has 3 rings (SSSR count). The zero-order valence-electron chi connectivity index (χ0n) is 13.1. The number of hydrogen-bond acceptors (Lipinski definition) is 5. The van der Waals surface area contributed by atoms with Gasteiger partial charge in [-0.2, -0.15) is 0 Å². The van der Waals surface area contributed by atoms with Crippen LogP contribution in [0.5, 0.6) is 5.75 Å². The normalized spacial score (nSPS) is 20.3. The lowest BCUT2D eigenvalue weighted by molar-refractivity contribution is -0.168. The minimum Gasteiger partial charge on any atom is -0.497 e. The van der Waals surface area contributed by atoms with Gasteiger partial charge in [-0.05, 0) is 29.8 Å². The number of para-hydroxylation sites is 1. The van der Waals surface area contributed by atoms with Crippen LogP contribution in [0.4, 0.5) is 5.69 Å². The molecule has 1 aliphatic heterocycles. The molecule has 2 aromatic carbocycles. The Hall–Kier alpha value is -2.53. The summed E-state index contributed by atoms with van der Waals surface area (Å²) < 4.78 is 10.4. The Morgan fingerprint density at radius 3 is 2.43 bits per heavy atom. The van der Waals surface area contributed by atoms with Gasteiger partial charge in [0.25, 0.3) is 0 Å². The minimum atomic E-state index is -0.584. The van der Waals surface area contributed by atoms with Crippen molar-refractivity contribution in [2.24, 2.45) is 0 Å². The molecule has 0 unspecified atom stereocenters. The monoisotopic (exact) mass is 313 g/mol. The number of carbonyl (C=O) groups excluding carboxylic acids is 1. The van der Waals surface area contributed by atoms with Crippen molar-refractivity contribution in [1.82, 2.24) is 0 Å². The van der Waals surface area contributed by atoms with E-state index in [1.54, 1.807) is 12.2 Å². The first kappa shape index (κ1) is 15.4. The summed E-state index contributed by atoms with van der Waals surface area (Å²) in [6.07, 6.45) is -0.0133. The number of hydroxylamine groups is 1. The van der Waals surface area contributed by atoms with Crippen molar-refractivity contribution in [1.29, 1.82) is 0 Å². The second-order valence-electron chi connectivity index (χ2n) is 5.33. The molecule has 23 heavy (non-hydrogen) atoms. The highest BCUT2D eigenvalue weighted by Crippen LogP contribution is 2.38. The Morgan fingerprint density at radius 2 is 1.83 bits per heavy atom. The highest BCUT2D eigenvalue weighted by Gasteiger charge is 2.36. The summed E-state index contributed by atoms with van der Waals surface area (Å²) in [5, 5.41) is 1.80. The molecule has 0 aliphatic carbocycles. The van der Waals surface area contributed by atoms with Crippen molar-refractivity contribution in [2.45, 2.75) is 25.7 Å². The van der Waals surface area contributed by atoms with Gasteiger partial charge in [-0.3, -0.25) is 4.79 Å². The number of anilines is 1. The SMILES string of the molecule is COc1ccc([C@H]2C[C@H](OC(C)=O)ON2c2ccccc2)cc1. The van der Waals surface area contributed by atoms with E-state index < -0.39 is 6.29 Å². The third kappa shape index (κ3) is 3.46. The van der Waals surface area contributed by atoms with Crippen LogP contribution in [0.2, 0.25) is 0 Å². The summed E-state index contributed by atoms with van der Waals surface area (Å²) in [5.74, 6) is 0.453. The lowest BCUT2D eigenvalue weighted by Crippen LogP contribution is -2.23. The van der Waals surface area contributed by atoms with Gasteiger partial charge in [0.05, 0.1) is 18.8 Å².